The van der Waals surface area contributed by atoms with Crippen LogP contribution in [0.3, 0.4) is 0 Å². The van der Waals surface area contributed by atoms with Crippen LogP contribution >= 0.6 is 0 Å². The summed E-state index contributed by atoms with van der Waals surface area (Å²) in [7, 11) is 0. The smallest absolute Gasteiger partial charge is 0.310 e. The topological polar surface area (TPSA) is 35.5 Å². The Morgan fingerprint density at radius 3 is 2.78 bits per heavy atom. The summed E-state index contributed by atoms with van der Waals surface area (Å²) in [6.07, 6.45) is 2.73. The molecular formula is C20H26O3. The van der Waals surface area contributed by atoms with E-state index in [4.69, 9.17) is 9.47 Å². The third kappa shape index (κ3) is 2.94. The number of rotatable bonds is 3. The average Bonchev–Trinajstić information content (AvgIpc) is 2.53. The summed E-state index contributed by atoms with van der Waals surface area (Å²) in [5, 5.41) is 0. The molecule has 0 radical (unpaired) electrons. The van der Waals surface area contributed by atoms with Crippen molar-refractivity contribution in [3.05, 3.63) is 41.5 Å². The van der Waals surface area contributed by atoms with Gasteiger partial charge >= 0.3 is 5.97 Å². The van der Waals surface area contributed by atoms with Crippen LogP contribution in [-0.4, -0.2) is 12.6 Å². The normalized spacial score (nSPS) is 33.0. The minimum absolute atomic E-state index is 0.0362. The highest BCUT2D eigenvalue weighted by atomic mass is 16.5. The molecule has 1 aliphatic heterocycles. The number of para-hydroxylation sites is 1. The zero-order chi connectivity index (χ0) is 16.6. The molecule has 1 aromatic rings. The summed E-state index contributed by atoms with van der Waals surface area (Å²) in [5.41, 5.74) is 2.38. The predicted molar refractivity (Wildman–Crippen MR) is 90.1 cm³/mol. The van der Waals surface area contributed by atoms with E-state index in [2.05, 4.69) is 26.8 Å². The van der Waals surface area contributed by atoms with Gasteiger partial charge in [-0.05, 0) is 30.7 Å². The lowest BCUT2D eigenvalue weighted by Crippen LogP contribution is -2.42. The van der Waals surface area contributed by atoms with Crippen molar-refractivity contribution in [3.8, 4) is 5.75 Å². The standard InChI is InChI=1S/C20H26O3/c1-5-18(21)23-17-9-7-6-8-15(17)20-19-13(3)10-12(2)16(11-22-20)14(19)4/h6-10,12,14,16,19-20H,5,11H2,1-4H3/t12-,14+,16+,19+,20+/m1/s1. The highest BCUT2D eigenvalue weighted by Gasteiger charge is 2.44. The maximum atomic E-state index is 11.7. The van der Waals surface area contributed by atoms with Crippen molar-refractivity contribution in [1.82, 2.24) is 0 Å². The van der Waals surface area contributed by atoms with E-state index in [1.807, 2.05) is 31.2 Å². The summed E-state index contributed by atoms with van der Waals surface area (Å²) in [6, 6.07) is 7.79. The lowest BCUT2D eigenvalue weighted by atomic mass is 9.64. The molecule has 2 bridgehead atoms. The highest BCUT2D eigenvalue weighted by Crippen LogP contribution is 2.50. The second kappa shape index (κ2) is 6.48. The van der Waals surface area contributed by atoms with E-state index in [-0.39, 0.29) is 12.1 Å². The number of carbonyl (C=O) groups excluding carboxylic acids is 1. The number of hydrogen-bond acceptors (Lipinski definition) is 3. The largest absolute Gasteiger partial charge is 0.426 e. The number of esters is 1. The van der Waals surface area contributed by atoms with Crippen molar-refractivity contribution in [2.75, 3.05) is 6.61 Å². The second-order valence-electron chi connectivity index (χ2n) is 6.94. The molecule has 0 unspecified atom stereocenters. The number of carbonyl (C=O) groups is 1. The zero-order valence-corrected chi connectivity index (χ0v) is 14.4. The first kappa shape index (κ1) is 16.3. The van der Waals surface area contributed by atoms with Crippen LogP contribution in [0.2, 0.25) is 0 Å². The molecule has 3 nitrogen and oxygen atoms in total. The molecule has 1 aromatic carbocycles. The Bertz CT molecular complexity index is 619. The summed E-state index contributed by atoms with van der Waals surface area (Å²) < 4.78 is 11.8. The fourth-order valence-corrected chi connectivity index (χ4v) is 4.23. The van der Waals surface area contributed by atoms with Gasteiger partial charge in [0, 0.05) is 17.9 Å². The van der Waals surface area contributed by atoms with Gasteiger partial charge in [0.05, 0.1) is 12.7 Å². The van der Waals surface area contributed by atoms with E-state index in [0.717, 1.165) is 12.2 Å². The van der Waals surface area contributed by atoms with Gasteiger partial charge in [-0.15, -0.1) is 0 Å². The first-order valence-corrected chi connectivity index (χ1v) is 8.62. The molecule has 0 spiro atoms. The summed E-state index contributed by atoms with van der Waals surface area (Å²) >= 11 is 0. The van der Waals surface area contributed by atoms with Gasteiger partial charge in [-0.3, -0.25) is 4.79 Å². The molecule has 0 aromatic heterocycles. The van der Waals surface area contributed by atoms with Gasteiger partial charge in [0.25, 0.3) is 0 Å². The summed E-state index contributed by atoms with van der Waals surface area (Å²) in [6.45, 7) is 9.39. The Balaban J connectivity index is 1.96. The molecule has 124 valence electrons. The van der Waals surface area contributed by atoms with E-state index < -0.39 is 0 Å². The van der Waals surface area contributed by atoms with Gasteiger partial charge in [-0.25, -0.2) is 0 Å². The molecule has 2 aliphatic rings. The average molecular weight is 314 g/mol. The number of fused-ring (bicyclic) bond motifs is 2. The lowest BCUT2D eigenvalue weighted by molar-refractivity contribution is -0.134. The van der Waals surface area contributed by atoms with E-state index in [1.54, 1.807) is 0 Å². The Morgan fingerprint density at radius 2 is 2.04 bits per heavy atom. The predicted octanol–water partition coefficient (Wildman–Crippen LogP) is 4.54. The van der Waals surface area contributed by atoms with Crippen LogP contribution in [0.15, 0.2) is 35.9 Å². The van der Waals surface area contributed by atoms with E-state index in [9.17, 15) is 4.79 Å². The Labute approximate surface area is 138 Å². The van der Waals surface area contributed by atoms with Crippen molar-refractivity contribution < 1.29 is 14.3 Å². The van der Waals surface area contributed by atoms with Crippen LogP contribution in [0.25, 0.3) is 0 Å². The summed E-state index contributed by atoms with van der Waals surface area (Å²) in [4.78, 5) is 11.7. The van der Waals surface area contributed by atoms with E-state index in [0.29, 0.717) is 35.8 Å². The number of hydrogen-bond donors (Lipinski definition) is 0. The van der Waals surface area contributed by atoms with Crippen molar-refractivity contribution >= 4 is 5.97 Å². The second-order valence-corrected chi connectivity index (χ2v) is 6.94. The minimum atomic E-state index is -0.205. The highest BCUT2D eigenvalue weighted by molar-refractivity contribution is 5.72. The Kier molecular flexibility index (Phi) is 4.58. The van der Waals surface area contributed by atoms with Crippen LogP contribution in [-0.2, 0) is 9.53 Å². The monoisotopic (exact) mass is 314 g/mol. The zero-order valence-electron chi connectivity index (χ0n) is 14.4. The van der Waals surface area contributed by atoms with Crippen molar-refractivity contribution in [1.29, 1.82) is 0 Å². The van der Waals surface area contributed by atoms with Gasteiger partial charge in [0.15, 0.2) is 0 Å². The summed E-state index contributed by atoms with van der Waals surface area (Å²) in [5.74, 6) is 2.50. The molecule has 0 amide bonds. The fraction of sp³-hybridized carbons (Fsp3) is 0.550. The van der Waals surface area contributed by atoms with Crippen molar-refractivity contribution in [2.45, 2.75) is 40.2 Å². The van der Waals surface area contributed by atoms with Crippen LogP contribution in [0, 0.1) is 23.7 Å². The molecule has 5 atom stereocenters. The molecule has 1 fully saturated rings. The first-order chi connectivity index (χ1) is 11.0. The fourth-order valence-electron chi connectivity index (χ4n) is 4.23. The molecule has 1 heterocycles. The Hall–Kier alpha value is -1.61. The van der Waals surface area contributed by atoms with Crippen LogP contribution < -0.4 is 4.74 Å². The van der Waals surface area contributed by atoms with Crippen LogP contribution in [0.1, 0.15) is 45.8 Å². The molecule has 0 N–H and O–H groups in total. The van der Waals surface area contributed by atoms with Crippen molar-refractivity contribution in [2.24, 2.45) is 23.7 Å². The maximum absolute atomic E-state index is 11.7. The van der Waals surface area contributed by atoms with Gasteiger partial charge in [-0.1, -0.05) is 50.6 Å². The number of ether oxygens (including phenoxy) is 2. The molecule has 0 saturated carbocycles. The third-order valence-electron chi connectivity index (χ3n) is 5.50. The van der Waals surface area contributed by atoms with Gasteiger partial charge < -0.3 is 9.47 Å². The number of allylic oxidation sites excluding steroid dienone is 1. The molecule has 3 rings (SSSR count). The quantitative estimate of drug-likeness (QED) is 0.467. The Morgan fingerprint density at radius 1 is 1.30 bits per heavy atom. The molecule has 3 heteroatoms. The van der Waals surface area contributed by atoms with Gasteiger partial charge in [0.2, 0.25) is 0 Å². The maximum Gasteiger partial charge on any atom is 0.310 e. The van der Waals surface area contributed by atoms with E-state index in [1.165, 1.54) is 5.57 Å². The molecule has 1 saturated heterocycles. The van der Waals surface area contributed by atoms with Crippen LogP contribution in [0.4, 0.5) is 0 Å². The molecule has 23 heavy (non-hydrogen) atoms. The van der Waals surface area contributed by atoms with Crippen molar-refractivity contribution in [3.63, 3.8) is 0 Å². The lowest BCUT2D eigenvalue weighted by Gasteiger charge is -2.47. The minimum Gasteiger partial charge on any atom is -0.426 e. The van der Waals surface area contributed by atoms with Gasteiger partial charge in [-0.2, -0.15) is 0 Å². The molecule has 1 aliphatic carbocycles. The SMILES string of the molecule is CCC(=O)Oc1ccccc1[C@@H]1OC[C@@H]2[C@H](C)[C@@H]1C(C)=C[C@H]2C. The van der Waals surface area contributed by atoms with E-state index >= 15 is 0 Å². The third-order valence-corrected chi connectivity index (χ3v) is 5.50. The first-order valence-electron chi connectivity index (χ1n) is 8.62. The number of benzene rings is 1. The molecular weight excluding hydrogens is 288 g/mol. The van der Waals surface area contributed by atoms with Gasteiger partial charge in [0.1, 0.15) is 5.75 Å². The van der Waals surface area contributed by atoms with Crippen LogP contribution in [0.5, 0.6) is 5.75 Å².